The molecule has 0 radical (unpaired) electrons. The number of thiophene rings is 1. The molecule has 3 fully saturated rings. The van der Waals surface area contributed by atoms with Gasteiger partial charge in [-0.3, -0.25) is 23.9 Å². The van der Waals surface area contributed by atoms with E-state index in [0.29, 0.717) is 42.6 Å². The number of anilines is 1. The summed E-state index contributed by atoms with van der Waals surface area (Å²) in [6.07, 6.45) is 7.36. The van der Waals surface area contributed by atoms with Crippen molar-refractivity contribution in [2.45, 2.75) is 81.8 Å². The molecule has 5 heterocycles. The molecular formula is C39H47N7O8S2. The minimum Gasteiger partial charge on any atom is -0.445 e. The molecule has 2 saturated carbocycles. The van der Waals surface area contributed by atoms with Gasteiger partial charge in [-0.05, 0) is 59.6 Å². The van der Waals surface area contributed by atoms with Gasteiger partial charge in [-0.2, -0.15) is 5.10 Å². The van der Waals surface area contributed by atoms with Crippen LogP contribution in [0.1, 0.15) is 58.9 Å². The molecule has 0 spiro atoms. The van der Waals surface area contributed by atoms with Gasteiger partial charge in [0, 0.05) is 37.2 Å². The lowest BCUT2D eigenvalue weighted by Crippen LogP contribution is -2.60. The van der Waals surface area contributed by atoms with Crippen LogP contribution >= 0.6 is 11.3 Å². The molecule has 4 amide bonds. The molecule has 3 aromatic rings. The summed E-state index contributed by atoms with van der Waals surface area (Å²) in [7, 11) is -2.07. The number of hydrogen-bond donors (Lipinski definition) is 3. The standard InChI is InChI=1S/C39H47N7O8S2/c1-6-25-20-39(25,36(50)43-56(52,53)27-12-13-27)42-33(47)28-19-26-22-45(28)35(49)32(38(2,3)4)41-37(51)54-16-9-7-8-15-44(5)29-21-40-46(26)34(48)31(29)24-11-10-23-14-17-55-30(23)18-24/h6-7,9-11,14,17-18,21,25-28,32H,1,8,12-13,15-16,19-20,22H2,2-5H3,(H,41,51)(H,42,47)(H,43,50)/b9-7+/t25?,26-,28+,32-,39?/m1/s1. The SMILES string of the molecule is C=CC1CC1(NC(=O)[C@@H]1C[C@@H]2CN1C(=O)[C@H](C(C)(C)C)NC(=O)OC/C=C/CCN(C)c1cnn2c(=O)c1-c1ccc2ccsc2c1)C(=O)NS(=O)(=O)C1CC1. The molecule has 56 heavy (non-hydrogen) atoms. The Balaban J connectivity index is 1.30. The highest BCUT2D eigenvalue weighted by Gasteiger charge is 2.62. The Morgan fingerprint density at radius 3 is 2.61 bits per heavy atom. The van der Waals surface area contributed by atoms with Gasteiger partial charge < -0.3 is 25.2 Å². The summed E-state index contributed by atoms with van der Waals surface area (Å²) in [6.45, 7) is 9.41. The van der Waals surface area contributed by atoms with E-state index in [-0.39, 0.29) is 26.0 Å². The van der Waals surface area contributed by atoms with Gasteiger partial charge >= 0.3 is 6.09 Å². The number of rotatable bonds is 7. The first-order valence-corrected chi connectivity index (χ1v) is 21.2. The van der Waals surface area contributed by atoms with Crippen LogP contribution in [-0.4, -0.2) is 96.5 Å². The van der Waals surface area contributed by atoms with E-state index in [1.165, 1.54) is 15.7 Å². The number of carbonyl (C=O) groups excluding carboxylic acids is 4. The second kappa shape index (κ2) is 14.8. The van der Waals surface area contributed by atoms with Crippen LogP contribution < -0.4 is 25.8 Å². The molecular weight excluding hydrogens is 759 g/mol. The lowest BCUT2D eigenvalue weighted by molar-refractivity contribution is -0.142. The lowest BCUT2D eigenvalue weighted by Gasteiger charge is -2.35. The molecule has 2 aromatic heterocycles. The number of amides is 4. The van der Waals surface area contributed by atoms with Crippen LogP contribution in [0, 0.1) is 11.3 Å². The highest BCUT2D eigenvalue weighted by molar-refractivity contribution is 7.91. The quantitative estimate of drug-likeness (QED) is 0.299. The Morgan fingerprint density at radius 1 is 1.14 bits per heavy atom. The molecule has 17 heteroatoms. The van der Waals surface area contributed by atoms with Crippen LogP contribution in [0.5, 0.6) is 0 Å². The number of fused-ring (bicyclic) bond motifs is 12. The number of benzene rings is 1. The van der Waals surface area contributed by atoms with E-state index in [1.54, 1.807) is 44.4 Å². The molecule has 298 valence electrons. The first-order valence-electron chi connectivity index (χ1n) is 18.7. The second-order valence-corrected chi connectivity index (χ2v) is 19.0. The topological polar surface area (TPSA) is 189 Å². The van der Waals surface area contributed by atoms with E-state index in [0.717, 1.165) is 10.1 Å². The van der Waals surface area contributed by atoms with Gasteiger partial charge in [0.25, 0.3) is 11.5 Å². The summed E-state index contributed by atoms with van der Waals surface area (Å²) >= 11 is 1.56. The van der Waals surface area contributed by atoms with Gasteiger partial charge in [-0.1, -0.05) is 51.1 Å². The molecule has 3 N–H and O–H groups in total. The van der Waals surface area contributed by atoms with Crippen molar-refractivity contribution in [1.82, 2.24) is 30.0 Å². The smallest absolute Gasteiger partial charge is 0.408 e. The minimum atomic E-state index is -3.93. The van der Waals surface area contributed by atoms with Gasteiger partial charge in [-0.15, -0.1) is 17.9 Å². The first kappa shape index (κ1) is 39.2. The van der Waals surface area contributed by atoms with Crippen LogP contribution in [-0.2, 0) is 29.1 Å². The number of alkyl carbamates (subject to hydrolysis) is 1. The van der Waals surface area contributed by atoms with Crippen molar-refractivity contribution in [3.05, 3.63) is 71.0 Å². The Bertz CT molecular complexity index is 2290. The minimum absolute atomic E-state index is 0.0494. The van der Waals surface area contributed by atoms with E-state index < -0.39 is 79.6 Å². The maximum atomic E-state index is 14.8. The third-order valence-corrected chi connectivity index (χ3v) is 13.8. The molecule has 3 aliphatic heterocycles. The number of carbonyl (C=O) groups is 4. The fraction of sp³-hybridized carbons (Fsp3) is 0.487. The maximum Gasteiger partial charge on any atom is 0.408 e. The number of nitrogens with zero attached hydrogens (tertiary/aromatic N) is 4. The Labute approximate surface area is 329 Å². The molecule has 2 aliphatic carbocycles. The van der Waals surface area contributed by atoms with Crippen LogP contribution in [0.15, 0.2) is 65.4 Å². The van der Waals surface area contributed by atoms with Crippen molar-refractivity contribution in [2.75, 3.05) is 31.6 Å². The van der Waals surface area contributed by atoms with E-state index >= 15 is 0 Å². The van der Waals surface area contributed by atoms with Gasteiger partial charge in [0.1, 0.15) is 24.2 Å². The van der Waals surface area contributed by atoms with E-state index in [4.69, 9.17) is 4.74 Å². The van der Waals surface area contributed by atoms with Crippen molar-refractivity contribution in [1.29, 1.82) is 0 Å². The van der Waals surface area contributed by atoms with E-state index in [2.05, 4.69) is 27.0 Å². The summed E-state index contributed by atoms with van der Waals surface area (Å²) < 4.78 is 35.4. The zero-order valence-electron chi connectivity index (χ0n) is 31.8. The summed E-state index contributed by atoms with van der Waals surface area (Å²) in [6, 6.07) is 4.64. The number of hydrogen-bond acceptors (Lipinski definition) is 11. The second-order valence-electron chi connectivity index (χ2n) is 16.1. The Hall–Kier alpha value is -5.03. The predicted molar refractivity (Wildman–Crippen MR) is 212 cm³/mol. The van der Waals surface area contributed by atoms with Gasteiger partial charge in [-0.25, -0.2) is 17.9 Å². The average molecular weight is 806 g/mol. The molecule has 2 unspecified atom stereocenters. The van der Waals surface area contributed by atoms with E-state index in [1.807, 2.05) is 47.7 Å². The normalized spacial score (nSPS) is 26.5. The molecule has 1 aromatic carbocycles. The lowest BCUT2D eigenvalue weighted by atomic mass is 9.85. The molecule has 5 aliphatic rings. The Kier molecular flexibility index (Phi) is 10.4. The number of nitrogens with one attached hydrogen (secondary N) is 3. The van der Waals surface area contributed by atoms with Crippen molar-refractivity contribution in [3.63, 3.8) is 0 Å². The molecule has 5 atom stereocenters. The van der Waals surface area contributed by atoms with Crippen LogP contribution in [0.4, 0.5) is 10.5 Å². The third kappa shape index (κ3) is 7.57. The summed E-state index contributed by atoms with van der Waals surface area (Å²) in [5.74, 6) is -2.76. The zero-order chi connectivity index (χ0) is 40.2. The predicted octanol–water partition coefficient (Wildman–Crippen LogP) is 3.47. The van der Waals surface area contributed by atoms with Crippen molar-refractivity contribution in [2.24, 2.45) is 11.3 Å². The highest BCUT2D eigenvalue weighted by Crippen LogP contribution is 2.46. The fourth-order valence-electron chi connectivity index (χ4n) is 7.56. The first-order chi connectivity index (χ1) is 26.5. The summed E-state index contributed by atoms with van der Waals surface area (Å²) in [5.41, 5.74) is -1.17. The Morgan fingerprint density at radius 2 is 1.91 bits per heavy atom. The van der Waals surface area contributed by atoms with Gasteiger partial charge in [0.05, 0.1) is 28.7 Å². The third-order valence-electron chi connectivity index (χ3n) is 11.1. The van der Waals surface area contributed by atoms with Crippen LogP contribution in [0.2, 0.25) is 0 Å². The maximum absolute atomic E-state index is 14.8. The van der Waals surface area contributed by atoms with Crippen molar-refractivity contribution < 1.29 is 32.3 Å². The number of ether oxygens (including phenoxy) is 1. The van der Waals surface area contributed by atoms with Crippen LogP contribution in [0.25, 0.3) is 21.2 Å². The molecule has 8 rings (SSSR count). The monoisotopic (exact) mass is 805 g/mol. The average Bonchev–Trinajstić information content (AvgIpc) is 4.03. The summed E-state index contributed by atoms with van der Waals surface area (Å²) in [4.78, 5) is 73.7. The van der Waals surface area contributed by atoms with Crippen LogP contribution in [0.3, 0.4) is 0 Å². The highest BCUT2D eigenvalue weighted by atomic mass is 32.2. The number of aromatic nitrogens is 2. The van der Waals surface area contributed by atoms with Gasteiger partial charge in [0.15, 0.2) is 0 Å². The largest absolute Gasteiger partial charge is 0.445 e. The molecule has 4 bridgehead atoms. The summed E-state index contributed by atoms with van der Waals surface area (Å²) in [5, 5.41) is 12.5. The molecule has 15 nitrogen and oxygen atoms in total. The zero-order valence-corrected chi connectivity index (χ0v) is 33.5. The van der Waals surface area contributed by atoms with Gasteiger partial charge in [0.2, 0.25) is 21.8 Å². The van der Waals surface area contributed by atoms with E-state index in [9.17, 15) is 32.4 Å². The van der Waals surface area contributed by atoms with Crippen molar-refractivity contribution >= 4 is 60.9 Å². The van der Waals surface area contributed by atoms with Crippen molar-refractivity contribution in [3.8, 4) is 11.1 Å². The fourth-order valence-corrected chi connectivity index (χ4v) is 9.76. The number of sulfonamides is 1. The molecule has 1 saturated heterocycles.